The fraction of sp³-hybridized carbons (Fsp3) is 0.231. The van der Waals surface area contributed by atoms with Gasteiger partial charge in [-0.15, -0.1) is 0 Å². The molecule has 9 heteroatoms. The van der Waals surface area contributed by atoms with Crippen molar-refractivity contribution in [2.24, 2.45) is 10.2 Å². The molecular weight excluding hydrogens is 464 g/mol. The summed E-state index contributed by atoms with van der Waals surface area (Å²) >= 11 is 0. The molecule has 0 saturated heterocycles. The maximum Gasteiger partial charge on any atom is 0.257 e. The average molecular weight is 493 g/mol. The summed E-state index contributed by atoms with van der Waals surface area (Å²) in [4.78, 5) is 13.3. The first kappa shape index (κ1) is 24.6. The normalized spacial score (nSPS) is 16.6. The van der Waals surface area contributed by atoms with Crippen molar-refractivity contribution in [1.82, 2.24) is 10.3 Å². The molecule has 8 nitrogen and oxygen atoms in total. The quantitative estimate of drug-likeness (QED) is 0.500. The smallest absolute Gasteiger partial charge is 0.257 e. The fourth-order valence-electron chi connectivity index (χ4n) is 4.02. The van der Waals surface area contributed by atoms with Crippen molar-refractivity contribution in [2.75, 3.05) is 13.7 Å². The third kappa shape index (κ3) is 5.76. The lowest BCUT2D eigenvalue weighted by atomic mass is 9.98. The Hall–Kier alpha value is -3.53. The Bertz CT molecular complexity index is 1310. The van der Waals surface area contributed by atoms with Crippen molar-refractivity contribution in [3.05, 3.63) is 95.6 Å². The summed E-state index contributed by atoms with van der Waals surface area (Å²) in [5, 5.41) is 14.6. The lowest BCUT2D eigenvalue weighted by Gasteiger charge is -2.23. The summed E-state index contributed by atoms with van der Waals surface area (Å²) in [6, 6.07) is 23.4. The van der Waals surface area contributed by atoms with Gasteiger partial charge in [-0.25, -0.2) is 18.6 Å². The highest BCUT2D eigenvalue weighted by atomic mass is 32.2. The van der Waals surface area contributed by atoms with Crippen LogP contribution in [-0.4, -0.2) is 38.7 Å². The largest absolute Gasteiger partial charge is 0.497 e. The number of rotatable bonds is 8. The lowest BCUT2D eigenvalue weighted by Crippen LogP contribution is -2.36. The Labute approximate surface area is 205 Å². The SMILES string of the molecule is COc1ccc(C2CC(c3ccccc3)=NN2C(=O)CNC(C)c2ccc(S(N)(=O)=O)cc2)cc1. The maximum absolute atomic E-state index is 13.3. The minimum atomic E-state index is -3.75. The average Bonchev–Trinajstić information content (AvgIpc) is 3.33. The molecule has 0 saturated carbocycles. The van der Waals surface area contributed by atoms with Crippen LogP contribution in [-0.2, 0) is 14.8 Å². The summed E-state index contributed by atoms with van der Waals surface area (Å²) in [7, 11) is -2.13. The van der Waals surface area contributed by atoms with Gasteiger partial charge in [0, 0.05) is 12.5 Å². The van der Waals surface area contributed by atoms with E-state index in [2.05, 4.69) is 5.32 Å². The van der Waals surface area contributed by atoms with Crippen LogP contribution in [0.1, 0.15) is 42.1 Å². The third-order valence-electron chi connectivity index (χ3n) is 6.04. The van der Waals surface area contributed by atoms with Crippen LogP contribution in [0.25, 0.3) is 0 Å². The monoisotopic (exact) mass is 492 g/mol. The summed E-state index contributed by atoms with van der Waals surface area (Å²) in [6.45, 7) is 1.97. The van der Waals surface area contributed by atoms with Crippen LogP contribution in [0.15, 0.2) is 88.9 Å². The molecule has 1 aliphatic heterocycles. The number of carbonyl (C=O) groups is 1. The highest BCUT2D eigenvalue weighted by molar-refractivity contribution is 7.89. The topological polar surface area (TPSA) is 114 Å². The number of methoxy groups -OCH3 is 1. The predicted molar refractivity (Wildman–Crippen MR) is 134 cm³/mol. The second-order valence-electron chi connectivity index (χ2n) is 8.36. The van der Waals surface area contributed by atoms with Crippen LogP contribution in [0.4, 0.5) is 0 Å². The van der Waals surface area contributed by atoms with Crippen LogP contribution in [0.2, 0.25) is 0 Å². The molecule has 4 rings (SSSR count). The van der Waals surface area contributed by atoms with E-state index < -0.39 is 10.0 Å². The molecule has 0 spiro atoms. The first-order valence-electron chi connectivity index (χ1n) is 11.2. The molecule has 3 N–H and O–H groups in total. The van der Waals surface area contributed by atoms with Crippen molar-refractivity contribution >= 4 is 21.6 Å². The van der Waals surface area contributed by atoms with Crippen LogP contribution in [0, 0.1) is 0 Å². The van der Waals surface area contributed by atoms with Gasteiger partial charge in [0.25, 0.3) is 5.91 Å². The molecule has 0 aliphatic carbocycles. The van der Waals surface area contributed by atoms with Crippen LogP contribution < -0.4 is 15.2 Å². The van der Waals surface area contributed by atoms with Gasteiger partial charge in [-0.1, -0.05) is 54.6 Å². The maximum atomic E-state index is 13.3. The fourth-order valence-corrected chi connectivity index (χ4v) is 4.53. The van der Waals surface area contributed by atoms with Gasteiger partial charge < -0.3 is 10.1 Å². The predicted octanol–water partition coefficient (Wildman–Crippen LogP) is 3.37. The number of nitrogens with one attached hydrogen (secondary N) is 1. The van der Waals surface area contributed by atoms with Gasteiger partial charge in [-0.05, 0) is 47.9 Å². The third-order valence-corrected chi connectivity index (χ3v) is 6.97. The first-order valence-corrected chi connectivity index (χ1v) is 12.8. The molecule has 182 valence electrons. The standard InChI is InChI=1S/C26H28N4O4S/c1-18(19-10-14-23(15-11-19)35(27,32)33)28-17-26(31)30-25(21-8-12-22(34-2)13-9-21)16-24(29-30)20-6-4-3-5-7-20/h3-15,18,25,28H,16-17H2,1-2H3,(H2,27,32,33). The van der Waals surface area contributed by atoms with Crippen molar-refractivity contribution in [1.29, 1.82) is 0 Å². The Morgan fingerprint density at radius 1 is 1.09 bits per heavy atom. The van der Waals surface area contributed by atoms with Gasteiger partial charge in [-0.3, -0.25) is 4.79 Å². The van der Waals surface area contributed by atoms with Gasteiger partial charge in [-0.2, -0.15) is 5.10 Å². The molecule has 35 heavy (non-hydrogen) atoms. The molecule has 0 bridgehead atoms. The van der Waals surface area contributed by atoms with Crippen molar-refractivity contribution in [3.8, 4) is 5.75 Å². The molecule has 3 aromatic rings. The van der Waals surface area contributed by atoms with E-state index in [-0.39, 0.29) is 29.4 Å². The molecule has 0 aromatic heterocycles. The zero-order valence-electron chi connectivity index (χ0n) is 19.6. The molecule has 3 aromatic carbocycles. The van der Waals surface area contributed by atoms with Crippen LogP contribution in [0.5, 0.6) is 5.75 Å². The number of hydrogen-bond donors (Lipinski definition) is 2. The van der Waals surface area contributed by atoms with E-state index in [0.717, 1.165) is 28.2 Å². The number of benzene rings is 3. The number of primary sulfonamides is 1. The van der Waals surface area contributed by atoms with Crippen LogP contribution in [0.3, 0.4) is 0 Å². The van der Waals surface area contributed by atoms with E-state index >= 15 is 0 Å². The van der Waals surface area contributed by atoms with E-state index in [1.54, 1.807) is 24.3 Å². The van der Waals surface area contributed by atoms with E-state index in [0.29, 0.717) is 6.42 Å². The highest BCUT2D eigenvalue weighted by Gasteiger charge is 2.33. The molecule has 1 aliphatic rings. The minimum Gasteiger partial charge on any atom is -0.497 e. The molecule has 1 amide bonds. The molecule has 2 unspecified atom stereocenters. The molecule has 1 heterocycles. The van der Waals surface area contributed by atoms with E-state index in [1.165, 1.54) is 12.1 Å². The summed E-state index contributed by atoms with van der Waals surface area (Å²) in [5.41, 5.74) is 3.65. The Morgan fingerprint density at radius 2 is 1.74 bits per heavy atom. The van der Waals surface area contributed by atoms with Gasteiger partial charge >= 0.3 is 0 Å². The Kier molecular flexibility index (Phi) is 7.30. The zero-order valence-corrected chi connectivity index (χ0v) is 20.4. The van der Waals surface area contributed by atoms with Crippen LogP contribution >= 0.6 is 0 Å². The van der Waals surface area contributed by atoms with E-state index in [4.69, 9.17) is 15.0 Å². The molecule has 0 fully saturated rings. The van der Waals surface area contributed by atoms with Crippen molar-refractivity contribution in [2.45, 2.75) is 30.3 Å². The van der Waals surface area contributed by atoms with E-state index in [9.17, 15) is 13.2 Å². The number of hydrogen-bond acceptors (Lipinski definition) is 6. The second-order valence-corrected chi connectivity index (χ2v) is 9.92. The Balaban J connectivity index is 1.50. The molecule has 2 atom stereocenters. The first-order chi connectivity index (χ1) is 16.8. The Morgan fingerprint density at radius 3 is 2.34 bits per heavy atom. The minimum absolute atomic E-state index is 0.0479. The van der Waals surface area contributed by atoms with Crippen molar-refractivity contribution in [3.63, 3.8) is 0 Å². The summed E-state index contributed by atoms with van der Waals surface area (Å²) < 4.78 is 28.2. The number of hydrazone groups is 1. The summed E-state index contributed by atoms with van der Waals surface area (Å²) in [5.74, 6) is 0.586. The lowest BCUT2D eigenvalue weighted by molar-refractivity contribution is -0.132. The number of carbonyl (C=O) groups excluding carboxylic acids is 1. The van der Waals surface area contributed by atoms with Gasteiger partial charge in [0.15, 0.2) is 0 Å². The number of nitrogens with zero attached hydrogens (tertiary/aromatic N) is 2. The summed E-state index contributed by atoms with van der Waals surface area (Å²) in [6.07, 6.45) is 0.604. The van der Waals surface area contributed by atoms with Gasteiger partial charge in [0.2, 0.25) is 10.0 Å². The van der Waals surface area contributed by atoms with Crippen molar-refractivity contribution < 1.29 is 17.9 Å². The van der Waals surface area contributed by atoms with E-state index in [1.807, 2.05) is 61.5 Å². The van der Waals surface area contributed by atoms with Gasteiger partial charge in [0.05, 0.1) is 30.3 Å². The molecule has 0 radical (unpaired) electrons. The number of sulfonamides is 1. The number of ether oxygens (including phenoxy) is 1. The number of amides is 1. The second kappa shape index (κ2) is 10.4. The van der Waals surface area contributed by atoms with Gasteiger partial charge in [0.1, 0.15) is 5.75 Å². The zero-order chi connectivity index (χ0) is 25.0. The number of nitrogens with two attached hydrogens (primary N) is 1. The highest BCUT2D eigenvalue weighted by Crippen LogP contribution is 2.33. The molecular formula is C26H28N4O4S.